The lowest BCUT2D eigenvalue weighted by atomic mass is 10.1. The van der Waals surface area contributed by atoms with Gasteiger partial charge in [0.25, 0.3) is 5.56 Å². The minimum absolute atomic E-state index is 0.0934. The molecule has 3 amide bonds. The third-order valence-electron chi connectivity index (χ3n) is 4.94. The summed E-state index contributed by atoms with van der Waals surface area (Å²) < 4.78 is 6.67. The molecule has 9 heteroatoms. The Labute approximate surface area is 194 Å². The van der Waals surface area contributed by atoms with E-state index in [1.807, 2.05) is 38.1 Å². The largest absolute Gasteiger partial charge is 0.467 e. The molecule has 168 valence electrons. The fraction of sp³-hybridized carbons (Fsp3) is 0.167. The zero-order valence-electron chi connectivity index (χ0n) is 18.1. The van der Waals surface area contributed by atoms with E-state index in [0.717, 1.165) is 22.9 Å². The van der Waals surface area contributed by atoms with E-state index in [1.165, 1.54) is 10.8 Å². The maximum absolute atomic E-state index is 13.4. The average molecular weight is 463 g/mol. The molecule has 0 bridgehead atoms. The monoisotopic (exact) mass is 462 g/mol. The third-order valence-corrected chi connectivity index (χ3v) is 5.88. The van der Waals surface area contributed by atoms with E-state index in [4.69, 9.17) is 4.42 Å². The van der Waals surface area contributed by atoms with Gasteiger partial charge in [-0.25, -0.2) is 9.78 Å². The van der Waals surface area contributed by atoms with Gasteiger partial charge in [0.15, 0.2) is 5.16 Å². The molecule has 0 radical (unpaired) electrons. The quantitative estimate of drug-likeness (QED) is 0.334. The van der Waals surface area contributed by atoms with Crippen LogP contribution in [0.2, 0.25) is 0 Å². The average Bonchev–Trinajstić information content (AvgIpc) is 3.32. The van der Waals surface area contributed by atoms with Crippen molar-refractivity contribution in [3.63, 3.8) is 0 Å². The number of urea groups is 1. The Morgan fingerprint density at radius 2 is 1.91 bits per heavy atom. The summed E-state index contributed by atoms with van der Waals surface area (Å²) in [6, 6.07) is 15.7. The van der Waals surface area contributed by atoms with Gasteiger partial charge < -0.3 is 9.73 Å². The summed E-state index contributed by atoms with van der Waals surface area (Å²) in [6.45, 7) is 4.03. The van der Waals surface area contributed by atoms with Gasteiger partial charge in [-0.3, -0.25) is 19.5 Å². The fourth-order valence-electron chi connectivity index (χ4n) is 3.30. The minimum atomic E-state index is -0.629. The molecule has 0 aliphatic carbocycles. The molecule has 0 aliphatic rings. The summed E-state index contributed by atoms with van der Waals surface area (Å²) >= 11 is 1.09. The molecule has 4 rings (SSSR count). The Hall–Kier alpha value is -3.85. The number of thioether (sulfide) groups is 1. The van der Waals surface area contributed by atoms with Crippen LogP contribution in [-0.4, -0.2) is 27.2 Å². The highest BCUT2D eigenvalue weighted by atomic mass is 32.2. The van der Waals surface area contributed by atoms with Crippen molar-refractivity contribution < 1.29 is 14.0 Å². The highest BCUT2D eigenvalue weighted by Crippen LogP contribution is 2.23. The van der Waals surface area contributed by atoms with Gasteiger partial charge in [-0.2, -0.15) is 0 Å². The summed E-state index contributed by atoms with van der Waals surface area (Å²) in [4.78, 5) is 42.4. The maximum Gasteiger partial charge on any atom is 0.321 e. The van der Waals surface area contributed by atoms with Gasteiger partial charge in [0.2, 0.25) is 5.91 Å². The van der Waals surface area contributed by atoms with Crippen molar-refractivity contribution in [2.24, 2.45) is 0 Å². The number of hydrogen-bond acceptors (Lipinski definition) is 6. The lowest BCUT2D eigenvalue weighted by Crippen LogP contribution is -2.40. The van der Waals surface area contributed by atoms with Gasteiger partial charge in [0.05, 0.1) is 35.2 Å². The van der Waals surface area contributed by atoms with Crippen LogP contribution in [0.1, 0.15) is 16.9 Å². The Balaban J connectivity index is 1.56. The van der Waals surface area contributed by atoms with Crippen molar-refractivity contribution in [1.82, 2.24) is 20.2 Å². The number of aryl methyl sites for hydroxylation is 2. The molecule has 0 unspecified atom stereocenters. The van der Waals surface area contributed by atoms with Crippen LogP contribution in [0.25, 0.3) is 16.6 Å². The molecule has 2 aromatic heterocycles. The van der Waals surface area contributed by atoms with Gasteiger partial charge in [0, 0.05) is 0 Å². The van der Waals surface area contributed by atoms with Crippen LogP contribution in [-0.2, 0) is 11.3 Å². The molecule has 4 aromatic rings. The van der Waals surface area contributed by atoms with E-state index in [2.05, 4.69) is 15.6 Å². The molecule has 0 aliphatic heterocycles. The standard InChI is InChI=1S/C24H22N4O4S/c1-15-9-10-16(2)20(12-15)28-22(30)18-7-3-4-8-19(18)26-24(28)33-14-21(29)27-23(31)25-13-17-6-5-11-32-17/h3-12H,13-14H2,1-2H3,(H2,25,27,29,31). The number of hydrogen-bond donors (Lipinski definition) is 2. The zero-order chi connectivity index (χ0) is 23.4. The second kappa shape index (κ2) is 9.74. The van der Waals surface area contributed by atoms with Gasteiger partial charge in [-0.05, 0) is 55.3 Å². The summed E-state index contributed by atoms with van der Waals surface area (Å²) in [5, 5.41) is 5.70. The summed E-state index contributed by atoms with van der Waals surface area (Å²) in [5.41, 5.74) is 2.94. The normalized spacial score (nSPS) is 10.8. The second-order valence-corrected chi connectivity index (χ2v) is 8.38. The van der Waals surface area contributed by atoms with Crippen molar-refractivity contribution >= 4 is 34.6 Å². The van der Waals surface area contributed by atoms with Crippen LogP contribution in [0, 0.1) is 13.8 Å². The van der Waals surface area contributed by atoms with E-state index in [0.29, 0.717) is 27.5 Å². The Bertz CT molecular complexity index is 1380. The summed E-state index contributed by atoms with van der Waals surface area (Å²) in [5.74, 6) is -0.0270. The van der Waals surface area contributed by atoms with Crippen molar-refractivity contribution in [2.45, 2.75) is 25.5 Å². The van der Waals surface area contributed by atoms with Crippen molar-refractivity contribution in [3.8, 4) is 5.69 Å². The molecule has 0 fully saturated rings. The molecule has 0 spiro atoms. The van der Waals surface area contributed by atoms with E-state index < -0.39 is 11.9 Å². The molecule has 33 heavy (non-hydrogen) atoms. The van der Waals surface area contributed by atoms with Crippen molar-refractivity contribution in [3.05, 3.63) is 88.1 Å². The second-order valence-electron chi connectivity index (χ2n) is 7.44. The van der Waals surface area contributed by atoms with Crippen LogP contribution >= 0.6 is 11.8 Å². The number of furan rings is 1. The number of aromatic nitrogens is 2. The Kier molecular flexibility index (Phi) is 6.60. The number of fused-ring (bicyclic) bond motifs is 1. The number of carbonyl (C=O) groups excluding carboxylic acids is 2. The first kappa shape index (κ1) is 22.3. The topological polar surface area (TPSA) is 106 Å². The number of nitrogens with one attached hydrogen (secondary N) is 2. The fourth-order valence-corrected chi connectivity index (χ4v) is 4.11. The Morgan fingerprint density at radius 1 is 1.09 bits per heavy atom. The summed E-state index contributed by atoms with van der Waals surface area (Å²) in [6.07, 6.45) is 1.50. The number of imide groups is 1. The van der Waals surface area contributed by atoms with E-state index in [-0.39, 0.29) is 17.9 Å². The van der Waals surface area contributed by atoms with E-state index in [1.54, 1.807) is 30.3 Å². The maximum atomic E-state index is 13.4. The molecule has 2 N–H and O–H groups in total. The number of amides is 3. The molecule has 8 nitrogen and oxygen atoms in total. The third kappa shape index (κ3) is 5.15. The molecular weight excluding hydrogens is 440 g/mol. The first-order valence-electron chi connectivity index (χ1n) is 10.2. The predicted octanol–water partition coefficient (Wildman–Crippen LogP) is 3.71. The van der Waals surface area contributed by atoms with E-state index in [9.17, 15) is 14.4 Å². The van der Waals surface area contributed by atoms with E-state index >= 15 is 0 Å². The highest BCUT2D eigenvalue weighted by molar-refractivity contribution is 7.99. The van der Waals surface area contributed by atoms with Crippen LogP contribution in [0.3, 0.4) is 0 Å². The highest BCUT2D eigenvalue weighted by Gasteiger charge is 2.17. The number of benzene rings is 2. The molecule has 2 heterocycles. The Morgan fingerprint density at radius 3 is 2.70 bits per heavy atom. The smallest absolute Gasteiger partial charge is 0.321 e. The van der Waals surface area contributed by atoms with Crippen LogP contribution in [0.15, 0.2) is 75.2 Å². The van der Waals surface area contributed by atoms with Crippen LogP contribution < -0.4 is 16.2 Å². The van der Waals surface area contributed by atoms with Gasteiger partial charge in [-0.1, -0.05) is 36.0 Å². The molecule has 0 saturated carbocycles. The number of para-hydroxylation sites is 1. The molecule has 0 saturated heterocycles. The lowest BCUT2D eigenvalue weighted by molar-refractivity contribution is -0.117. The summed E-state index contributed by atoms with van der Waals surface area (Å²) in [7, 11) is 0. The molecule has 2 aromatic carbocycles. The minimum Gasteiger partial charge on any atom is -0.467 e. The SMILES string of the molecule is Cc1ccc(C)c(-n2c(SCC(=O)NC(=O)NCc3ccco3)nc3ccccc3c2=O)c1. The van der Waals surface area contributed by atoms with Crippen molar-refractivity contribution in [2.75, 3.05) is 5.75 Å². The zero-order valence-corrected chi connectivity index (χ0v) is 18.9. The first-order chi connectivity index (χ1) is 15.9. The molecular formula is C24H22N4O4S. The molecule has 0 atom stereocenters. The number of carbonyl (C=O) groups is 2. The van der Waals surface area contributed by atoms with Gasteiger partial charge in [0.1, 0.15) is 5.76 Å². The van der Waals surface area contributed by atoms with Crippen LogP contribution in [0.4, 0.5) is 4.79 Å². The van der Waals surface area contributed by atoms with Gasteiger partial charge >= 0.3 is 6.03 Å². The number of nitrogens with zero attached hydrogens (tertiary/aromatic N) is 2. The lowest BCUT2D eigenvalue weighted by Gasteiger charge is -2.15. The van der Waals surface area contributed by atoms with Gasteiger partial charge in [-0.15, -0.1) is 0 Å². The van der Waals surface area contributed by atoms with Crippen LogP contribution in [0.5, 0.6) is 0 Å². The predicted molar refractivity (Wildman–Crippen MR) is 127 cm³/mol. The van der Waals surface area contributed by atoms with Crippen molar-refractivity contribution in [1.29, 1.82) is 0 Å². The first-order valence-corrected chi connectivity index (χ1v) is 11.2. The number of rotatable bonds is 6.